The molecule has 1 heterocycles. The minimum Gasteiger partial charge on any atom is -0.390 e. The SMILES string of the molecule is CCCN(CCC)C(=O)c1cc(C)cc(C(=O)N[C@@H](Cc2cc(F)cc(F)c2)[C@H](O)CNCc2nccc(N(C)C)n2)c1. The van der Waals surface area contributed by atoms with E-state index in [1.807, 2.05) is 32.8 Å². The van der Waals surface area contributed by atoms with Crippen molar-refractivity contribution < 1.29 is 23.5 Å². The lowest BCUT2D eigenvalue weighted by atomic mass is 9.99. The summed E-state index contributed by atoms with van der Waals surface area (Å²) in [7, 11) is 3.73. The summed E-state index contributed by atoms with van der Waals surface area (Å²) in [5.41, 5.74) is 1.66. The molecular weight excluding hydrogens is 554 g/mol. The number of carbonyl (C=O) groups is 2. The van der Waals surface area contributed by atoms with Crippen LogP contribution in [0.2, 0.25) is 0 Å². The van der Waals surface area contributed by atoms with Crippen LogP contribution in [0.15, 0.2) is 48.7 Å². The number of anilines is 1. The van der Waals surface area contributed by atoms with Gasteiger partial charge in [-0.2, -0.15) is 0 Å². The molecule has 0 aliphatic heterocycles. The Balaban J connectivity index is 1.80. The molecule has 0 spiro atoms. The first-order valence-corrected chi connectivity index (χ1v) is 14.6. The highest BCUT2D eigenvalue weighted by atomic mass is 19.1. The molecule has 0 radical (unpaired) electrons. The zero-order valence-corrected chi connectivity index (χ0v) is 25.5. The van der Waals surface area contributed by atoms with Gasteiger partial charge in [0.1, 0.15) is 23.3 Å². The number of carbonyl (C=O) groups excluding carboxylic acids is 2. The number of aryl methyl sites for hydroxylation is 1. The van der Waals surface area contributed by atoms with Gasteiger partial charge in [-0.15, -0.1) is 0 Å². The summed E-state index contributed by atoms with van der Waals surface area (Å²) in [6.07, 6.45) is 2.09. The average Bonchev–Trinajstić information content (AvgIpc) is 2.95. The van der Waals surface area contributed by atoms with Crippen molar-refractivity contribution in [2.75, 3.05) is 38.6 Å². The van der Waals surface area contributed by atoms with Crippen molar-refractivity contribution >= 4 is 17.6 Å². The van der Waals surface area contributed by atoms with Gasteiger partial charge in [-0.05, 0) is 73.7 Å². The highest BCUT2D eigenvalue weighted by Crippen LogP contribution is 2.16. The maximum absolute atomic E-state index is 14.0. The molecule has 0 fully saturated rings. The van der Waals surface area contributed by atoms with Crippen LogP contribution in [0, 0.1) is 18.6 Å². The molecule has 0 saturated heterocycles. The van der Waals surface area contributed by atoms with E-state index in [-0.39, 0.29) is 36.5 Å². The van der Waals surface area contributed by atoms with Crippen molar-refractivity contribution in [1.82, 2.24) is 25.5 Å². The number of halogens is 2. The lowest BCUT2D eigenvalue weighted by Gasteiger charge is -2.25. The van der Waals surface area contributed by atoms with Gasteiger partial charge in [0.25, 0.3) is 11.8 Å². The van der Waals surface area contributed by atoms with E-state index in [0.717, 1.165) is 30.3 Å². The Hall–Kier alpha value is -3.96. The molecule has 2 atom stereocenters. The molecule has 2 amide bonds. The molecule has 0 aliphatic rings. The number of hydrogen-bond acceptors (Lipinski definition) is 7. The van der Waals surface area contributed by atoms with Gasteiger partial charge < -0.3 is 25.5 Å². The van der Waals surface area contributed by atoms with Crippen molar-refractivity contribution in [2.24, 2.45) is 0 Å². The second kappa shape index (κ2) is 16.0. The van der Waals surface area contributed by atoms with Crippen molar-refractivity contribution in [3.05, 3.63) is 88.4 Å². The molecule has 43 heavy (non-hydrogen) atoms. The Morgan fingerprint density at radius 3 is 2.26 bits per heavy atom. The summed E-state index contributed by atoms with van der Waals surface area (Å²) in [5, 5.41) is 17.1. The molecule has 0 aliphatic carbocycles. The Labute approximate surface area is 252 Å². The smallest absolute Gasteiger partial charge is 0.253 e. The molecule has 3 aromatic rings. The van der Waals surface area contributed by atoms with E-state index < -0.39 is 29.7 Å². The second-order valence-electron chi connectivity index (χ2n) is 10.9. The molecule has 0 saturated carbocycles. The highest BCUT2D eigenvalue weighted by molar-refractivity contribution is 6.00. The molecule has 0 unspecified atom stereocenters. The van der Waals surface area contributed by atoms with Gasteiger partial charge in [0.2, 0.25) is 0 Å². The van der Waals surface area contributed by atoms with Crippen LogP contribution in [0.25, 0.3) is 0 Å². The molecule has 232 valence electrons. The minimum absolute atomic E-state index is 0.0335. The maximum Gasteiger partial charge on any atom is 0.253 e. The first-order valence-electron chi connectivity index (χ1n) is 14.6. The van der Waals surface area contributed by atoms with E-state index in [9.17, 15) is 23.5 Å². The highest BCUT2D eigenvalue weighted by Gasteiger charge is 2.24. The summed E-state index contributed by atoms with van der Waals surface area (Å²) in [6.45, 7) is 7.32. The van der Waals surface area contributed by atoms with Gasteiger partial charge in [0.05, 0.1) is 18.7 Å². The second-order valence-corrected chi connectivity index (χ2v) is 10.9. The Bertz CT molecular complexity index is 1360. The first kappa shape index (κ1) is 33.5. The summed E-state index contributed by atoms with van der Waals surface area (Å²) in [4.78, 5) is 39.0. The number of benzene rings is 2. The fourth-order valence-corrected chi connectivity index (χ4v) is 4.79. The molecule has 3 rings (SSSR count). The van der Waals surface area contributed by atoms with Gasteiger partial charge in [0, 0.05) is 57.1 Å². The fourth-order valence-electron chi connectivity index (χ4n) is 4.79. The molecular formula is C32H42F2N6O3. The number of nitrogens with zero attached hydrogens (tertiary/aromatic N) is 4. The summed E-state index contributed by atoms with van der Waals surface area (Å²) >= 11 is 0. The van der Waals surface area contributed by atoms with Crippen LogP contribution < -0.4 is 15.5 Å². The quantitative estimate of drug-likeness (QED) is 0.244. The monoisotopic (exact) mass is 596 g/mol. The van der Waals surface area contributed by atoms with Gasteiger partial charge in [-0.25, -0.2) is 18.7 Å². The molecule has 9 nitrogen and oxygen atoms in total. The van der Waals surface area contributed by atoms with E-state index in [0.29, 0.717) is 24.5 Å². The van der Waals surface area contributed by atoms with Crippen LogP contribution in [0.4, 0.5) is 14.6 Å². The zero-order chi connectivity index (χ0) is 31.5. The lowest BCUT2D eigenvalue weighted by Crippen LogP contribution is -2.48. The third-order valence-corrected chi connectivity index (χ3v) is 6.81. The summed E-state index contributed by atoms with van der Waals surface area (Å²) in [5.74, 6) is -0.930. The van der Waals surface area contributed by atoms with Crippen LogP contribution in [0.3, 0.4) is 0 Å². The number of rotatable bonds is 15. The topological polar surface area (TPSA) is 111 Å². The van der Waals surface area contributed by atoms with Crippen LogP contribution in [-0.2, 0) is 13.0 Å². The first-order chi connectivity index (χ1) is 20.5. The maximum atomic E-state index is 14.0. The van der Waals surface area contributed by atoms with E-state index in [2.05, 4.69) is 20.6 Å². The number of aliphatic hydroxyl groups excluding tert-OH is 1. The normalized spacial score (nSPS) is 12.5. The van der Waals surface area contributed by atoms with Crippen molar-refractivity contribution in [3.63, 3.8) is 0 Å². The van der Waals surface area contributed by atoms with E-state index in [4.69, 9.17) is 0 Å². The molecule has 2 aromatic carbocycles. The van der Waals surface area contributed by atoms with Gasteiger partial charge in [0.15, 0.2) is 0 Å². The molecule has 0 bridgehead atoms. The minimum atomic E-state index is -1.14. The summed E-state index contributed by atoms with van der Waals surface area (Å²) < 4.78 is 27.9. The average molecular weight is 597 g/mol. The predicted octanol–water partition coefficient (Wildman–Crippen LogP) is 3.88. The standard InChI is InChI=1S/C32H42F2N6O3/c1-6-10-40(11-7-2)32(43)24-13-21(3)12-23(17-24)31(42)37-27(16-22-14-25(33)18-26(34)15-22)28(41)19-35-20-29-36-9-8-30(38-29)39(4)5/h8-9,12-15,17-18,27-28,35,41H,6-7,10-11,16,19-20H2,1-5H3,(H,37,42)/t27-,28+/m0/s1. The number of hydrogen-bond donors (Lipinski definition) is 3. The Morgan fingerprint density at radius 2 is 1.63 bits per heavy atom. The van der Waals surface area contributed by atoms with Gasteiger partial charge >= 0.3 is 0 Å². The predicted molar refractivity (Wildman–Crippen MR) is 163 cm³/mol. The fraction of sp³-hybridized carbons (Fsp3) is 0.438. The summed E-state index contributed by atoms with van der Waals surface area (Å²) in [6, 6.07) is 8.92. The van der Waals surface area contributed by atoms with E-state index in [1.54, 1.807) is 42.3 Å². The number of aliphatic hydroxyl groups is 1. The van der Waals surface area contributed by atoms with Crippen molar-refractivity contribution in [1.29, 1.82) is 0 Å². The van der Waals surface area contributed by atoms with E-state index in [1.165, 1.54) is 12.1 Å². The van der Waals surface area contributed by atoms with Crippen LogP contribution in [0.1, 0.15) is 64.4 Å². The van der Waals surface area contributed by atoms with E-state index >= 15 is 0 Å². The van der Waals surface area contributed by atoms with Crippen molar-refractivity contribution in [2.45, 2.75) is 58.7 Å². The van der Waals surface area contributed by atoms with Crippen LogP contribution in [-0.4, -0.2) is 77.7 Å². The van der Waals surface area contributed by atoms with Gasteiger partial charge in [-0.3, -0.25) is 9.59 Å². The zero-order valence-electron chi connectivity index (χ0n) is 25.5. The molecule has 11 heteroatoms. The molecule has 3 N–H and O–H groups in total. The van der Waals surface area contributed by atoms with Crippen LogP contribution >= 0.6 is 0 Å². The van der Waals surface area contributed by atoms with Crippen molar-refractivity contribution in [3.8, 4) is 0 Å². The third-order valence-electron chi connectivity index (χ3n) is 6.81. The Morgan fingerprint density at radius 1 is 0.977 bits per heavy atom. The largest absolute Gasteiger partial charge is 0.390 e. The number of amides is 2. The lowest BCUT2D eigenvalue weighted by molar-refractivity contribution is 0.0755. The third kappa shape index (κ3) is 10.1. The van der Waals surface area contributed by atoms with Gasteiger partial charge in [-0.1, -0.05) is 13.8 Å². The van der Waals surface area contributed by atoms with Crippen LogP contribution in [0.5, 0.6) is 0 Å². The number of nitrogens with one attached hydrogen (secondary N) is 2. The number of aromatic nitrogens is 2. The molecule has 1 aromatic heterocycles. The Kier molecular flexibility index (Phi) is 12.5.